The molecule has 0 atom stereocenters. The lowest BCUT2D eigenvalue weighted by molar-refractivity contribution is -0.387. The van der Waals surface area contributed by atoms with Gasteiger partial charge in [-0.3, -0.25) is 29.4 Å². The van der Waals surface area contributed by atoms with E-state index in [4.69, 9.17) is 16.3 Å². The van der Waals surface area contributed by atoms with Crippen molar-refractivity contribution < 1.29 is 24.0 Å². The lowest BCUT2D eigenvalue weighted by Crippen LogP contribution is -2.34. The first-order valence-electron chi connectivity index (χ1n) is 9.91. The summed E-state index contributed by atoms with van der Waals surface area (Å²) in [4.78, 5) is 49.9. The summed E-state index contributed by atoms with van der Waals surface area (Å²) in [6.07, 6.45) is 2.94. The number of thioether (sulfide) groups is 1. The highest BCUT2D eigenvalue weighted by molar-refractivity contribution is 8.18. The molecule has 2 aromatic rings. The Kier molecular flexibility index (Phi) is 8.54. The van der Waals surface area contributed by atoms with Gasteiger partial charge in [0.15, 0.2) is 0 Å². The summed E-state index contributed by atoms with van der Waals surface area (Å²) in [6.45, 7) is 1.70. The van der Waals surface area contributed by atoms with Crippen LogP contribution in [0, 0.1) is 10.1 Å². The van der Waals surface area contributed by atoms with E-state index in [1.165, 1.54) is 23.9 Å². The van der Waals surface area contributed by atoms with Crippen LogP contribution in [0.1, 0.15) is 25.3 Å². The Morgan fingerprint density at radius 3 is 2.64 bits per heavy atom. The van der Waals surface area contributed by atoms with Crippen molar-refractivity contribution in [1.29, 1.82) is 0 Å². The monoisotopic (exact) mass is 506 g/mol. The molecule has 0 saturated carbocycles. The number of carbonyl (C=O) groups is 3. The molecule has 1 aliphatic rings. The summed E-state index contributed by atoms with van der Waals surface area (Å²) >= 11 is 7.76. The number of nitro benzene ring substituents is 1. The number of hydrogen-bond acceptors (Lipinski definition) is 8. The minimum absolute atomic E-state index is 0.0776. The second-order valence-corrected chi connectivity index (χ2v) is 9.43. The fraction of sp³-hybridized carbons (Fsp3) is 0.227. The van der Waals surface area contributed by atoms with Crippen molar-refractivity contribution in [2.24, 2.45) is 0 Å². The van der Waals surface area contributed by atoms with Crippen molar-refractivity contribution in [3.63, 3.8) is 0 Å². The minimum Gasteiger partial charge on any atom is -0.464 e. The maximum absolute atomic E-state index is 12.6. The summed E-state index contributed by atoms with van der Waals surface area (Å²) in [5.74, 6) is -1.30. The molecule has 0 radical (unpaired) electrons. The Hall–Kier alpha value is -2.82. The van der Waals surface area contributed by atoms with E-state index in [1.807, 2.05) is 6.92 Å². The average molecular weight is 507 g/mol. The van der Waals surface area contributed by atoms with Gasteiger partial charge < -0.3 is 4.74 Å². The lowest BCUT2D eigenvalue weighted by Gasteiger charge is -2.11. The number of unbranched alkanes of at least 4 members (excludes halogenated alkanes) is 1. The number of ether oxygens (including phenoxy) is 1. The van der Waals surface area contributed by atoms with Gasteiger partial charge in [0.2, 0.25) is 0 Å². The van der Waals surface area contributed by atoms with Gasteiger partial charge in [0, 0.05) is 16.0 Å². The van der Waals surface area contributed by atoms with Crippen molar-refractivity contribution in [1.82, 2.24) is 4.90 Å². The number of hydrogen-bond donors (Lipinski definition) is 0. The van der Waals surface area contributed by atoms with Crippen LogP contribution >= 0.6 is 35.1 Å². The number of imide groups is 1. The summed E-state index contributed by atoms with van der Waals surface area (Å²) in [6, 6.07) is 11.4. The number of carbonyl (C=O) groups excluding carboxylic acids is 3. The van der Waals surface area contributed by atoms with E-state index in [1.54, 1.807) is 36.4 Å². The van der Waals surface area contributed by atoms with Crippen LogP contribution in [0.15, 0.2) is 57.2 Å². The number of nitro groups is 1. The molecule has 0 unspecified atom stereocenters. The second-order valence-electron chi connectivity index (χ2n) is 6.88. The van der Waals surface area contributed by atoms with Gasteiger partial charge in [-0.15, -0.1) is 0 Å². The SMILES string of the molecule is CCCCOC(=O)CN1C(=O)S/C(=C\c2ccc(Sc3ccc(Cl)cc3)c([N+](=O)[O-])c2)C1=O. The van der Waals surface area contributed by atoms with Crippen molar-refractivity contribution in [2.75, 3.05) is 13.2 Å². The Morgan fingerprint density at radius 2 is 1.97 bits per heavy atom. The van der Waals surface area contributed by atoms with Crippen molar-refractivity contribution in [2.45, 2.75) is 29.6 Å². The molecule has 2 aromatic carbocycles. The first-order valence-corrected chi connectivity index (χ1v) is 11.9. The topological polar surface area (TPSA) is 107 Å². The smallest absolute Gasteiger partial charge is 0.326 e. The molecule has 0 N–H and O–H groups in total. The molecule has 2 amide bonds. The highest BCUT2D eigenvalue weighted by Crippen LogP contribution is 2.37. The first kappa shape index (κ1) is 24.8. The predicted octanol–water partition coefficient (Wildman–Crippen LogP) is 5.78. The van der Waals surface area contributed by atoms with Gasteiger partial charge in [0.05, 0.1) is 21.3 Å². The van der Waals surface area contributed by atoms with Crippen LogP contribution in [0.25, 0.3) is 6.08 Å². The van der Waals surface area contributed by atoms with Gasteiger partial charge in [0.1, 0.15) is 6.54 Å². The molecule has 33 heavy (non-hydrogen) atoms. The molecular formula is C22H19ClN2O6S2. The summed E-state index contributed by atoms with van der Waals surface area (Å²) in [7, 11) is 0. The van der Waals surface area contributed by atoms with Crippen LogP contribution in [0.2, 0.25) is 5.02 Å². The van der Waals surface area contributed by atoms with Gasteiger partial charge >= 0.3 is 5.97 Å². The molecule has 11 heteroatoms. The van der Waals surface area contributed by atoms with Crippen LogP contribution in [0.5, 0.6) is 0 Å². The molecule has 0 aromatic heterocycles. The highest BCUT2D eigenvalue weighted by atomic mass is 35.5. The zero-order chi connectivity index (χ0) is 24.0. The van der Waals surface area contributed by atoms with Crippen molar-refractivity contribution >= 4 is 64.0 Å². The van der Waals surface area contributed by atoms with E-state index < -0.39 is 28.6 Å². The zero-order valence-corrected chi connectivity index (χ0v) is 19.9. The molecule has 1 saturated heterocycles. The predicted molar refractivity (Wildman–Crippen MR) is 127 cm³/mol. The molecule has 8 nitrogen and oxygen atoms in total. The van der Waals surface area contributed by atoms with Crippen LogP contribution in [0.3, 0.4) is 0 Å². The van der Waals surface area contributed by atoms with Gasteiger partial charge in [-0.05, 0) is 60.2 Å². The summed E-state index contributed by atoms with van der Waals surface area (Å²) < 4.78 is 5.01. The fourth-order valence-electron chi connectivity index (χ4n) is 2.78. The fourth-order valence-corrected chi connectivity index (χ4v) is 4.64. The molecule has 1 fully saturated rings. The van der Waals surface area contributed by atoms with E-state index in [0.717, 1.165) is 16.2 Å². The maximum atomic E-state index is 12.6. The molecule has 1 heterocycles. The Labute approximate surface area is 203 Å². The van der Waals surface area contributed by atoms with E-state index >= 15 is 0 Å². The largest absolute Gasteiger partial charge is 0.464 e. The number of nitrogens with zero attached hydrogens (tertiary/aromatic N) is 2. The van der Waals surface area contributed by atoms with Crippen molar-refractivity contribution in [3.05, 3.63) is 68.1 Å². The van der Waals surface area contributed by atoms with Gasteiger partial charge in [0.25, 0.3) is 16.8 Å². The lowest BCUT2D eigenvalue weighted by atomic mass is 10.2. The van der Waals surface area contributed by atoms with Crippen LogP contribution < -0.4 is 0 Å². The van der Waals surface area contributed by atoms with Crippen LogP contribution in [-0.4, -0.2) is 40.1 Å². The van der Waals surface area contributed by atoms with Gasteiger partial charge in [-0.2, -0.15) is 0 Å². The summed E-state index contributed by atoms with van der Waals surface area (Å²) in [5, 5.41) is 11.6. The van der Waals surface area contributed by atoms with Crippen molar-refractivity contribution in [3.8, 4) is 0 Å². The summed E-state index contributed by atoms with van der Waals surface area (Å²) in [5.41, 5.74) is 0.251. The van der Waals surface area contributed by atoms with Gasteiger partial charge in [-0.25, -0.2) is 0 Å². The Bertz CT molecular complexity index is 1120. The molecule has 0 bridgehead atoms. The van der Waals surface area contributed by atoms with E-state index in [0.29, 0.717) is 33.7 Å². The number of rotatable bonds is 9. The normalized spacial score (nSPS) is 14.7. The molecule has 0 spiro atoms. The average Bonchev–Trinajstić information content (AvgIpc) is 3.03. The zero-order valence-electron chi connectivity index (χ0n) is 17.5. The van der Waals surface area contributed by atoms with E-state index in [2.05, 4.69) is 0 Å². The Morgan fingerprint density at radius 1 is 1.24 bits per heavy atom. The van der Waals surface area contributed by atoms with Gasteiger partial charge in [-0.1, -0.05) is 42.8 Å². The van der Waals surface area contributed by atoms with Crippen LogP contribution in [-0.2, 0) is 14.3 Å². The Balaban J connectivity index is 1.77. The van der Waals surface area contributed by atoms with Crippen LogP contribution in [0.4, 0.5) is 10.5 Å². The highest BCUT2D eigenvalue weighted by Gasteiger charge is 2.36. The quantitative estimate of drug-likeness (QED) is 0.138. The third kappa shape index (κ3) is 6.59. The third-order valence-electron chi connectivity index (χ3n) is 4.44. The number of halogens is 1. The molecule has 172 valence electrons. The molecule has 0 aliphatic carbocycles. The standard InChI is InChI=1S/C22H19ClN2O6S2/c1-2-3-10-31-20(26)13-24-21(27)19(33-22(24)28)12-14-4-9-18(17(11-14)25(29)30)32-16-7-5-15(23)6-8-16/h4-9,11-12H,2-3,10,13H2,1H3/b19-12-. The number of amides is 2. The third-order valence-corrected chi connectivity index (χ3v) is 6.67. The number of benzene rings is 2. The molecular weight excluding hydrogens is 488 g/mol. The number of esters is 1. The molecule has 3 rings (SSSR count). The van der Waals surface area contributed by atoms with E-state index in [9.17, 15) is 24.5 Å². The maximum Gasteiger partial charge on any atom is 0.326 e. The minimum atomic E-state index is -0.661. The second kappa shape index (κ2) is 11.4. The van der Waals surface area contributed by atoms with E-state index in [-0.39, 0.29) is 17.2 Å². The molecule has 1 aliphatic heterocycles. The first-order chi connectivity index (χ1) is 15.8.